The molecule has 1 aromatic heterocycles. The lowest BCUT2D eigenvalue weighted by Crippen LogP contribution is -2.31. The topological polar surface area (TPSA) is 69.0 Å². The van der Waals surface area contributed by atoms with Crippen molar-refractivity contribution in [1.82, 2.24) is 14.8 Å². The first-order valence-electron chi connectivity index (χ1n) is 8.47. The van der Waals surface area contributed by atoms with E-state index in [1.54, 1.807) is 18.9 Å². The predicted molar refractivity (Wildman–Crippen MR) is 97.1 cm³/mol. The van der Waals surface area contributed by atoms with Crippen molar-refractivity contribution < 1.29 is 9.53 Å². The minimum absolute atomic E-state index is 0.187. The molecule has 7 heteroatoms. The Balaban J connectivity index is 1.87. The number of nitrogens with one attached hydrogen (secondary N) is 1. The molecule has 0 saturated heterocycles. The van der Waals surface area contributed by atoms with Crippen LogP contribution >= 0.6 is 11.8 Å². The number of anilines is 1. The summed E-state index contributed by atoms with van der Waals surface area (Å²) in [6, 6.07) is 7.59. The summed E-state index contributed by atoms with van der Waals surface area (Å²) in [5, 5.41) is 8.73. The summed E-state index contributed by atoms with van der Waals surface area (Å²) in [5.74, 6) is 2.57. The second-order valence-corrected chi connectivity index (χ2v) is 7.30. The zero-order valence-corrected chi connectivity index (χ0v) is 15.1. The number of nitrogens with zero attached hydrogens (tertiary/aromatic N) is 3. The van der Waals surface area contributed by atoms with Crippen LogP contribution in [0.3, 0.4) is 0 Å². The molecule has 4 rings (SSSR count). The van der Waals surface area contributed by atoms with Gasteiger partial charge in [-0.15, -0.1) is 5.10 Å². The van der Waals surface area contributed by atoms with Crippen LogP contribution in [0.4, 0.5) is 5.95 Å². The summed E-state index contributed by atoms with van der Waals surface area (Å²) in [4.78, 5) is 17.3. The number of aromatic nitrogens is 3. The van der Waals surface area contributed by atoms with Crippen LogP contribution in [-0.2, 0) is 4.79 Å². The number of carbonyl (C=O) groups is 1. The van der Waals surface area contributed by atoms with Crippen LogP contribution < -0.4 is 10.1 Å². The lowest BCUT2D eigenvalue weighted by Gasteiger charge is -2.32. The maximum Gasteiger partial charge on any atom is 0.227 e. The zero-order chi connectivity index (χ0) is 17.4. The maximum absolute atomic E-state index is 12.7. The monoisotopic (exact) mass is 356 g/mol. The Morgan fingerprint density at radius 3 is 3.08 bits per heavy atom. The molecule has 0 radical (unpaired) electrons. The van der Waals surface area contributed by atoms with Crippen molar-refractivity contribution in [3.05, 3.63) is 41.1 Å². The van der Waals surface area contributed by atoms with Crippen molar-refractivity contribution in [2.24, 2.45) is 0 Å². The molecule has 6 nitrogen and oxygen atoms in total. The number of methoxy groups -OCH3 is 1. The molecule has 2 aliphatic rings. The number of allylic oxidation sites excluding steroid dienone is 2. The van der Waals surface area contributed by atoms with Gasteiger partial charge in [-0.25, -0.2) is 4.68 Å². The molecule has 1 atom stereocenters. The molecule has 130 valence electrons. The van der Waals surface area contributed by atoms with Crippen molar-refractivity contribution in [3.63, 3.8) is 0 Å². The average Bonchev–Trinajstić information content (AvgIpc) is 3.02. The van der Waals surface area contributed by atoms with Gasteiger partial charge in [0.2, 0.25) is 11.1 Å². The third-order valence-electron chi connectivity index (χ3n) is 4.53. The number of carbonyl (C=O) groups excluding carboxylic acids is 1. The number of Topliss-reactive ketones (excluding diaryl/α,β-unsaturated/α-hetero) is 1. The SMILES string of the molecule is CCSc1nc2n(n1)C(c1cccc(OC)c1)C1=C(CCCC1=O)N2. The fourth-order valence-corrected chi connectivity index (χ4v) is 4.00. The Bertz CT molecular complexity index is 859. The lowest BCUT2D eigenvalue weighted by atomic mass is 9.85. The zero-order valence-electron chi connectivity index (χ0n) is 14.3. The number of ether oxygens (including phenoxy) is 1. The van der Waals surface area contributed by atoms with Crippen molar-refractivity contribution in [1.29, 1.82) is 0 Å². The summed E-state index contributed by atoms with van der Waals surface area (Å²) in [5.41, 5.74) is 2.78. The largest absolute Gasteiger partial charge is 0.497 e. The number of hydrogen-bond acceptors (Lipinski definition) is 6. The molecule has 1 aliphatic carbocycles. The van der Waals surface area contributed by atoms with Gasteiger partial charge in [-0.3, -0.25) is 4.79 Å². The third-order valence-corrected chi connectivity index (χ3v) is 5.25. The summed E-state index contributed by atoms with van der Waals surface area (Å²) in [7, 11) is 1.65. The van der Waals surface area contributed by atoms with Crippen molar-refractivity contribution in [2.45, 2.75) is 37.4 Å². The number of fused-ring (bicyclic) bond motifs is 1. The highest BCUT2D eigenvalue weighted by Crippen LogP contribution is 2.41. The molecule has 25 heavy (non-hydrogen) atoms. The first-order chi connectivity index (χ1) is 12.2. The Morgan fingerprint density at radius 2 is 2.28 bits per heavy atom. The molecule has 1 unspecified atom stereocenters. The van der Waals surface area contributed by atoms with Crippen LogP contribution in [0, 0.1) is 0 Å². The number of benzene rings is 1. The van der Waals surface area contributed by atoms with Crippen LogP contribution in [0.15, 0.2) is 40.7 Å². The van der Waals surface area contributed by atoms with Gasteiger partial charge in [0, 0.05) is 17.7 Å². The van der Waals surface area contributed by atoms with Gasteiger partial charge in [0.15, 0.2) is 5.78 Å². The second kappa shape index (κ2) is 6.55. The molecular weight excluding hydrogens is 336 g/mol. The van der Waals surface area contributed by atoms with E-state index in [1.807, 2.05) is 28.9 Å². The smallest absolute Gasteiger partial charge is 0.227 e. The minimum atomic E-state index is -0.257. The van der Waals surface area contributed by atoms with E-state index in [0.717, 1.165) is 46.3 Å². The lowest BCUT2D eigenvalue weighted by molar-refractivity contribution is -0.116. The molecule has 1 aliphatic heterocycles. The molecule has 0 spiro atoms. The quantitative estimate of drug-likeness (QED) is 0.847. The van der Waals surface area contributed by atoms with Crippen LogP contribution in [0.5, 0.6) is 5.75 Å². The Morgan fingerprint density at radius 1 is 1.40 bits per heavy atom. The third kappa shape index (κ3) is 2.82. The van der Waals surface area contributed by atoms with Crippen LogP contribution in [0.2, 0.25) is 0 Å². The molecule has 1 N–H and O–H groups in total. The molecule has 2 aromatic rings. The summed E-state index contributed by atoms with van der Waals surface area (Å²) >= 11 is 1.60. The first kappa shape index (κ1) is 16.2. The van der Waals surface area contributed by atoms with Crippen LogP contribution in [0.25, 0.3) is 0 Å². The number of ketones is 1. The highest BCUT2D eigenvalue weighted by molar-refractivity contribution is 7.99. The van der Waals surface area contributed by atoms with E-state index >= 15 is 0 Å². The molecular formula is C18H20N4O2S. The van der Waals surface area contributed by atoms with Gasteiger partial charge in [-0.05, 0) is 36.3 Å². The Labute approximate surface area is 150 Å². The van der Waals surface area contributed by atoms with Gasteiger partial charge >= 0.3 is 0 Å². The van der Waals surface area contributed by atoms with Gasteiger partial charge in [0.1, 0.15) is 11.8 Å². The molecule has 0 bridgehead atoms. The van der Waals surface area contributed by atoms with E-state index in [-0.39, 0.29) is 11.8 Å². The fraction of sp³-hybridized carbons (Fsp3) is 0.389. The molecule has 0 saturated carbocycles. The van der Waals surface area contributed by atoms with E-state index in [1.165, 1.54) is 0 Å². The highest BCUT2D eigenvalue weighted by atomic mass is 32.2. The van der Waals surface area contributed by atoms with E-state index < -0.39 is 0 Å². The summed E-state index contributed by atoms with van der Waals surface area (Å²) in [6.45, 7) is 2.07. The molecule has 1 aromatic carbocycles. The average molecular weight is 356 g/mol. The van der Waals surface area contributed by atoms with Crippen molar-refractivity contribution >= 4 is 23.5 Å². The van der Waals surface area contributed by atoms with Gasteiger partial charge in [-0.1, -0.05) is 30.8 Å². The number of thioether (sulfide) groups is 1. The first-order valence-corrected chi connectivity index (χ1v) is 9.46. The standard InChI is InChI=1S/C18H20N4O2S/c1-3-25-18-20-17-19-13-8-5-9-14(23)15(13)16(22(17)21-18)11-6-4-7-12(10-11)24-2/h4,6-7,10,16H,3,5,8-9H2,1-2H3,(H,19,20,21). The van der Waals surface area contributed by atoms with E-state index in [2.05, 4.69) is 22.3 Å². The van der Waals surface area contributed by atoms with Gasteiger partial charge < -0.3 is 10.1 Å². The maximum atomic E-state index is 12.7. The minimum Gasteiger partial charge on any atom is -0.497 e. The molecule has 2 heterocycles. The van der Waals surface area contributed by atoms with E-state index in [0.29, 0.717) is 12.4 Å². The Hall–Kier alpha value is -2.28. The van der Waals surface area contributed by atoms with Gasteiger partial charge in [0.25, 0.3) is 0 Å². The normalized spacial score (nSPS) is 19.3. The second-order valence-electron chi connectivity index (χ2n) is 6.07. The highest BCUT2D eigenvalue weighted by Gasteiger charge is 2.36. The van der Waals surface area contributed by atoms with E-state index in [4.69, 9.17) is 4.74 Å². The Kier molecular flexibility index (Phi) is 4.25. The van der Waals surface area contributed by atoms with Gasteiger partial charge in [0.05, 0.1) is 7.11 Å². The number of hydrogen-bond donors (Lipinski definition) is 1. The summed E-state index contributed by atoms with van der Waals surface area (Å²) < 4.78 is 7.22. The van der Waals surface area contributed by atoms with Crippen LogP contribution in [-0.4, -0.2) is 33.4 Å². The van der Waals surface area contributed by atoms with Crippen molar-refractivity contribution in [2.75, 3.05) is 18.2 Å². The molecule has 0 fully saturated rings. The van der Waals surface area contributed by atoms with Crippen LogP contribution in [0.1, 0.15) is 37.8 Å². The molecule has 0 amide bonds. The summed E-state index contributed by atoms with van der Waals surface area (Å²) in [6.07, 6.45) is 2.33. The predicted octanol–water partition coefficient (Wildman–Crippen LogP) is 3.42. The van der Waals surface area contributed by atoms with Gasteiger partial charge in [-0.2, -0.15) is 4.98 Å². The van der Waals surface area contributed by atoms with Crippen molar-refractivity contribution in [3.8, 4) is 5.75 Å². The number of rotatable bonds is 4. The van der Waals surface area contributed by atoms with E-state index in [9.17, 15) is 4.79 Å². The fourth-order valence-electron chi connectivity index (χ4n) is 3.45.